The van der Waals surface area contributed by atoms with Crippen LogP contribution in [0.2, 0.25) is 0 Å². The Morgan fingerprint density at radius 3 is 2.67 bits per heavy atom. The molecule has 0 radical (unpaired) electrons. The molecule has 1 aromatic carbocycles. The number of ether oxygens (including phenoxy) is 3. The Bertz CT molecular complexity index is 550. The fourth-order valence-corrected chi connectivity index (χ4v) is 2.56. The molecular weight excluding hydrogens is 270 g/mol. The van der Waals surface area contributed by atoms with Gasteiger partial charge in [0, 0.05) is 0 Å². The molecule has 5 heteroatoms. The molecule has 21 heavy (non-hydrogen) atoms. The van der Waals surface area contributed by atoms with Crippen LogP contribution < -0.4 is 9.47 Å². The highest BCUT2D eigenvalue weighted by molar-refractivity contribution is 5.90. The summed E-state index contributed by atoms with van der Waals surface area (Å²) >= 11 is 0. The lowest BCUT2D eigenvalue weighted by Crippen LogP contribution is -2.29. The zero-order valence-corrected chi connectivity index (χ0v) is 12.3. The molecule has 5 nitrogen and oxygen atoms in total. The first kappa shape index (κ1) is 15.2. The van der Waals surface area contributed by atoms with Gasteiger partial charge in [-0.15, -0.1) is 0 Å². The smallest absolute Gasteiger partial charge is 0.337 e. The number of carbonyl (C=O) groups excluding carboxylic acids is 1. The van der Waals surface area contributed by atoms with Crippen LogP contribution >= 0.6 is 0 Å². The first-order valence-corrected chi connectivity index (χ1v) is 7.02. The van der Waals surface area contributed by atoms with Crippen LogP contribution in [0, 0.1) is 17.2 Å². The van der Waals surface area contributed by atoms with E-state index in [0.717, 1.165) is 25.7 Å². The van der Waals surface area contributed by atoms with E-state index in [1.54, 1.807) is 25.3 Å². The first-order valence-electron chi connectivity index (χ1n) is 7.02. The molecule has 2 rings (SSSR count). The normalized spacial score (nSPS) is 21.2. The van der Waals surface area contributed by atoms with E-state index in [4.69, 9.17) is 14.2 Å². The minimum Gasteiger partial charge on any atom is -0.493 e. The van der Waals surface area contributed by atoms with Crippen LogP contribution in [0.3, 0.4) is 0 Å². The Morgan fingerprint density at radius 1 is 1.24 bits per heavy atom. The van der Waals surface area contributed by atoms with E-state index >= 15 is 0 Å². The SMILES string of the molecule is COC(=O)c1ccc(OC)c(OC2CCCCC2C#N)c1. The molecule has 0 aliphatic heterocycles. The second-order valence-electron chi connectivity index (χ2n) is 5.03. The number of hydrogen-bond donors (Lipinski definition) is 0. The van der Waals surface area contributed by atoms with Crippen molar-refractivity contribution in [3.8, 4) is 17.6 Å². The predicted molar refractivity (Wildman–Crippen MR) is 76.3 cm³/mol. The highest BCUT2D eigenvalue weighted by atomic mass is 16.5. The maximum atomic E-state index is 11.6. The van der Waals surface area contributed by atoms with Crippen LogP contribution in [0.4, 0.5) is 0 Å². The molecule has 0 saturated heterocycles. The number of nitriles is 1. The van der Waals surface area contributed by atoms with Crippen molar-refractivity contribution in [2.24, 2.45) is 5.92 Å². The van der Waals surface area contributed by atoms with Crippen LogP contribution in [0.25, 0.3) is 0 Å². The van der Waals surface area contributed by atoms with E-state index in [-0.39, 0.29) is 12.0 Å². The van der Waals surface area contributed by atoms with Gasteiger partial charge in [-0.2, -0.15) is 5.26 Å². The lowest BCUT2D eigenvalue weighted by atomic mass is 9.87. The molecule has 1 saturated carbocycles. The Labute approximate surface area is 124 Å². The summed E-state index contributed by atoms with van der Waals surface area (Å²) in [5.74, 6) is 0.477. The lowest BCUT2D eigenvalue weighted by molar-refractivity contribution is 0.0599. The van der Waals surface area contributed by atoms with Gasteiger partial charge in [-0.1, -0.05) is 6.42 Å². The van der Waals surface area contributed by atoms with E-state index in [1.807, 2.05) is 0 Å². The molecule has 0 aromatic heterocycles. The lowest BCUT2D eigenvalue weighted by Gasteiger charge is -2.28. The van der Waals surface area contributed by atoms with Gasteiger partial charge in [-0.05, 0) is 37.5 Å². The van der Waals surface area contributed by atoms with Gasteiger partial charge >= 0.3 is 5.97 Å². The van der Waals surface area contributed by atoms with E-state index in [9.17, 15) is 10.1 Å². The minimum atomic E-state index is -0.428. The predicted octanol–water partition coefficient (Wildman–Crippen LogP) is 2.94. The molecular formula is C16H19NO4. The third-order valence-corrected chi connectivity index (χ3v) is 3.73. The number of rotatable bonds is 4. The monoisotopic (exact) mass is 289 g/mol. The summed E-state index contributed by atoms with van der Waals surface area (Å²) in [5.41, 5.74) is 0.401. The van der Waals surface area contributed by atoms with Crippen molar-refractivity contribution in [1.29, 1.82) is 5.26 Å². The summed E-state index contributed by atoms with van der Waals surface area (Å²) in [5, 5.41) is 9.21. The second-order valence-corrected chi connectivity index (χ2v) is 5.03. The van der Waals surface area contributed by atoms with Gasteiger partial charge in [0.15, 0.2) is 11.5 Å². The minimum absolute atomic E-state index is 0.120. The Kier molecular flexibility index (Phi) is 5.04. The summed E-state index contributed by atoms with van der Waals surface area (Å²) in [7, 11) is 2.88. The summed E-state index contributed by atoms with van der Waals surface area (Å²) in [6.45, 7) is 0. The average Bonchev–Trinajstić information content (AvgIpc) is 2.54. The molecule has 0 spiro atoms. The van der Waals surface area contributed by atoms with Crippen LogP contribution in [0.1, 0.15) is 36.0 Å². The quantitative estimate of drug-likeness (QED) is 0.797. The van der Waals surface area contributed by atoms with Crippen molar-refractivity contribution in [2.75, 3.05) is 14.2 Å². The number of hydrogen-bond acceptors (Lipinski definition) is 5. The molecule has 0 N–H and O–H groups in total. The molecule has 112 valence electrons. The molecule has 0 heterocycles. The van der Waals surface area contributed by atoms with Crippen molar-refractivity contribution >= 4 is 5.97 Å². The van der Waals surface area contributed by atoms with Crippen molar-refractivity contribution in [3.63, 3.8) is 0 Å². The Hall–Kier alpha value is -2.22. The van der Waals surface area contributed by atoms with Crippen LogP contribution in [-0.2, 0) is 4.74 Å². The Morgan fingerprint density at radius 2 is 2.00 bits per heavy atom. The Balaban J connectivity index is 2.24. The van der Waals surface area contributed by atoms with Gasteiger partial charge in [-0.25, -0.2) is 4.79 Å². The van der Waals surface area contributed by atoms with Gasteiger partial charge in [-0.3, -0.25) is 0 Å². The summed E-state index contributed by atoms with van der Waals surface area (Å²) in [6.07, 6.45) is 3.62. The van der Waals surface area contributed by atoms with Gasteiger partial charge < -0.3 is 14.2 Å². The van der Waals surface area contributed by atoms with Gasteiger partial charge in [0.1, 0.15) is 6.10 Å². The zero-order chi connectivity index (χ0) is 15.2. The fraction of sp³-hybridized carbons (Fsp3) is 0.500. The molecule has 1 fully saturated rings. The summed E-state index contributed by atoms with van der Waals surface area (Å²) in [6, 6.07) is 7.21. The van der Waals surface area contributed by atoms with Crippen LogP contribution in [-0.4, -0.2) is 26.3 Å². The fourth-order valence-electron chi connectivity index (χ4n) is 2.56. The van der Waals surface area contributed by atoms with E-state index in [1.165, 1.54) is 7.11 Å². The highest BCUT2D eigenvalue weighted by Gasteiger charge is 2.27. The van der Waals surface area contributed by atoms with Gasteiger partial charge in [0.25, 0.3) is 0 Å². The average molecular weight is 289 g/mol. The standard InChI is InChI=1S/C16H19NO4/c1-19-14-8-7-11(16(18)20-2)9-15(14)21-13-6-4-3-5-12(13)10-17/h7-9,12-13H,3-6H2,1-2H3. The molecule has 2 atom stereocenters. The maximum absolute atomic E-state index is 11.6. The highest BCUT2D eigenvalue weighted by Crippen LogP contribution is 2.34. The van der Waals surface area contributed by atoms with Crippen LogP contribution in [0.5, 0.6) is 11.5 Å². The summed E-state index contributed by atoms with van der Waals surface area (Å²) < 4.78 is 15.9. The van der Waals surface area contributed by atoms with Crippen molar-refractivity contribution in [2.45, 2.75) is 31.8 Å². The number of esters is 1. The number of nitrogens with zero attached hydrogens (tertiary/aromatic N) is 1. The van der Waals surface area contributed by atoms with Crippen LogP contribution in [0.15, 0.2) is 18.2 Å². The third-order valence-electron chi connectivity index (χ3n) is 3.73. The topological polar surface area (TPSA) is 68.6 Å². The molecule has 0 bridgehead atoms. The third kappa shape index (κ3) is 3.46. The largest absolute Gasteiger partial charge is 0.493 e. The van der Waals surface area contributed by atoms with Gasteiger partial charge in [0.2, 0.25) is 0 Å². The van der Waals surface area contributed by atoms with Crippen molar-refractivity contribution < 1.29 is 19.0 Å². The van der Waals surface area contributed by atoms with E-state index in [2.05, 4.69) is 6.07 Å². The number of carbonyl (C=O) groups is 1. The number of methoxy groups -OCH3 is 2. The summed E-state index contributed by atoms with van der Waals surface area (Å²) in [4.78, 5) is 11.6. The molecule has 1 aromatic rings. The molecule has 0 amide bonds. The number of benzene rings is 1. The molecule has 1 aliphatic rings. The van der Waals surface area contributed by atoms with E-state index in [0.29, 0.717) is 17.1 Å². The van der Waals surface area contributed by atoms with E-state index < -0.39 is 5.97 Å². The van der Waals surface area contributed by atoms with Crippen molar-refractivity contribution in [3.05, 3.63) is 23.8 Å². The van der Waals surface area contributed by atoms with Crippen molar-refractivity contribution in [1.82, 2.24) is 0 Å². The van der Waals surface area contributed by atoms with Gasteiger partial charge in [0.05, 0.1) is 31.8 Å². The first-order chi connectivity index (χ1) is 10.2. The zero-order valence-electron chi connectivity index (χ0n) is 12.3. The molecule has 1 aliphatic carbocycles. The second kappa shape index (κ2) is 6.98. The molecule has 2 unspecified atom stereocenters. The maximum Gasteiger partial charge on any atom is 0.337 e.